The predicted molar refractivity (Wildman–Crippen MR) is 127 cm³/mol. The Balaban J connectivity index is 1.45. The minimum absolute atomic E-state index is 0.147. The van der Waals surface area contributed by atoms with Crippen LogP contribution in [-0.2, 0) is 12.8 Å². The van der Waals surface area contributed by atoms with Gasteiger partial charge in [0.2, 0.25) is 0 Å². The second-order valence-corrected chi connectivity index (χ2v) is 10.4. The Bertz CT molecular complexity index is 1170. The van der Waals surface area contributed by atoms with Gasteiger partial charge in [-0.25, -0.2) is 14.4 Å². The first-order valence-electron chi connectivity index (χ1n) is 11.5. The number of aromatic nitrogens is 2. The van der Waals surface area contributed by atoms with E-state index in [2.05, 4.69) is 25.7 Å². The van der Waals surface area contributed by atoms with Crippen LogP contribution in [0.4, 0.5) is 10.2 Å². The molecule has 1 aliphatic carbocycles. The van der Waals surface area contributed by atoms with E-state index in [0.29, 0.717) is 32.1 Å². The Morgan fingerprint density at radius 3 is 2.62 bits per heavy atom. The lowest BCUT2D eigenvalue weighted by Gasteiger charge is -2.36. The fourth-order valence-corrected chi connectivity index (χ4v) is 6.14. The van der Waals surface area contributed by atoms with Gasteiger partial charge in [-0.2, -0.15) is 0 Å². The number of anilines is 1. The molecule has 1 atom stereocenters. The Morgan fingerprint density at radius 1 is 1.16 bits per heavy atom. The lowest BCUT2D eigenvalue weighted by Crippen LogP contribution is -2.49. The monoisotopic (exact) mass is 452 g/mol. The van der Waals surface area contributed by atoms with Gasteiger partial charge >= 0.3 is 0 Å². The maximum atomic E-state index is 14.1. The van der Waals surface area contributed by atoms with Gasteiger partial charge in [-0.3, -0.25) is 4.79 Å². The lowest BCUT2D eigenvalue weighted by molar-refractivity contribution is 0.0742. The molecule has 32 heavy (non-hydrogen) atoms. The van der Waals surface area contributed by atoms with Gasteiger partial charge in [0.25, 0.3) is 5.91 Å². The van der Waals surface area contributed by atoms with E-state index in [4.69, 9.17) is 9.97 Å². The Morgan fingerprint density at radius 2 is 1.91 bits per heavy atom. The molecule has 7 heteroatoms. The predicted octanol–water partition coefficient (Wildman–Crippen LogP) is 5.04. The molecular formula is C25H29FN4OS. The molecule has 1 fully saturated rings. The molecular weight excluding hydrogens is 423 g/mol. The number of carbonyl (C=O) groups excluding carboxylic acids is 1. The molecule has 5 nitrogen and oxygen atoms in total. The standard InChI is InChI=1S/C25H29FN4OS/c1-15(2)22-27-23(21-18-9-8-16(3)14-20(18)32-24(21)28-22)29-10-12-30(13-11-29)25(31)17-6-4-5-7-19(17)26/h4-7,15-16H,8-14H2,1-3H3/t16-/m1/s1. The summed E-state index contributed by atoms with van der Waals surface area (Å²) in [5.41, 5.74) is 1.58. The van der Waals surface area contributed by atoms with E-state index in [1.54, 1.807) is 23.1 Å². The lowest BCUT2D eigenvalue weighted by atomic mass is 9.89. The number of aryl methyl sites for hydroxylation is 1. The first-order valence-corrected chi connectivity index (χ1v) is 12.3. The highest BCUT2D eigenvalue weighted by molar-refractivity contribution is 7.19. The zero-order valence-electron chi connectivity index (χ0n) is 18.9. The first kappa shape index (κ1) is 21.3. The van der Waals surface area contributed by atoms with Gasteiger partial charge in [-0.15, -0.1) is 11.3 Å². The molecule has 2 aliphatic rings. The third-order valence-electron chi connectivity index (χ3n) is 6.64. The molecule has 168 valence electrons. The maximum absolute atomic E-state index is 14.1. The van der Waals surface area contributed by atoms with Crippen molar-refractivity contribution >= 4 is 33.3 Å². The van der Waals surface area contributed by atoms with E-state index in [9.17, 15) is 9.18 Å². The number of hydrogen-bond donors (Lipinski definition) is 0. The Hall–Kier alpha value is -2.54. The van der Waals surface area contributed by atoms with Crippen LogP contribution in [0.15, 0.2) is 24.3 Å². The summed E-state index contributed by atoms with van der Waals surface area (Å²) in [6.07, 6.45) is 3.41. The van der Waals surface area contributed by atoms with Gasteiger partial charge in [0.15, 0.2) is 0 Å². The molecule has 1 amide bonds. The number of nitrogens with zero attached hydrogens (tertiary/aromatic N) is 4. The summed E-state index contributed by atoms with van der Waals surface area (Å²) >= 11 is 1.83. The molecule has 1 aromatic carbocycles. The van der Waals surface area contributed by atoms with Gasteiger partial charge < -0.3 is 9.80 Å². The highest BCUT2D eigenvalue weighted by atomic mass is 32.1. The summed E-state index contributed by atoms with van der Waals surface area (Å²) in [5.74, 6) is 2.16. The fraction of sp³-hybridized carbons (Fsp3) is 0.480. The molecule has 2 aromatic heterocycles. The van der Waals surface area contributed by atoms with E-state index in [-0.39, 0.29) is 17.4 Å². The smallest absolute Gasteiger partial charge is 0.256 e. The topological polar surface area (TPSA) is 49.3 Å². The number of hydrogen-bond acceptors (Lipinski definition) is 5. The van der Waals surface area contributed by atoms with Crippen molar-refractivity contribution in [1.29, 1.82) is 0 Å². The highest BCUT2D eigenvalue weighted by Crippen LogP contribution is 2.41. The molecule has 0 saturated carbocycles. The third kappa shape index (κ3) is 3.76. The van der Waals surface area contributed by atoms with Crippen molar-refractivity contribution in [3.8, 4) is 0 Å². The summed E-state index contributed by atoms with van der Waals surface area (Å²) < 4.78 is 14.1. The molecule has 0 bridgehead atoms. The molecule has 0 unspecified atom stereocenters. The second kappa shape index (κ2) is 8.43. The largest absolute Gasteiger partial charge is 0.352 e. The van der Waals surface area contributed by atoms with Crippen molar-refractivity contribution in [3.05, 3.63) is 51.9 Å². The first-order chi connectivity index (χ1) is 15.4. The number of piperazine rings is 1. The zero-order valence-corrected chi connectivity index (χ0v) is 19.7. The van der Waals surface area contributed by atoms with Crippen molar-refractivity contribution in [2.75, 3.05) is 31.1 Å². The molecule has 1 aliphatic heterocycles. The number of fused-ring (bicyclic) bond motifs is 3. The number of halogens is 1. The number of amides is 1. The Kier molecular flexibility index (Phi) is 5.61. The van der Waals surface area contributed by atoms with Gasteiger partial charge in [0, 0.05) is 37.0 Å². The van der Waals surface area contributed by atoms with Crippen LogP contribution in [0.5, 0.6) is 0 Å². The Labute approximate surface area is 192 Å². The van der Waals surface area contributed by atoms with Crippen LogP contribution < -0.4 is 4.90 Å². The quantitative estimate of drug-likeness (QED) is 0.559. The molecule has 5 rings (SSSR count). The molecule has 0 spiro atoms. The average molecular weight is 453 g/mol. The van der Waals surface area contributed by atoms with Crippen LogP contribution in [-0.4, -0.2) is 47.0 Å². The van der Waals surface area contributed by atoms with Crippen LogP contribution in [0.2, 0.25) is 0 Å². The van der Waals surface area contributed by atoms with Crippen molar-refractivity contribution in [2.24, 2.45) is 5.92 Å². The second-order valence-electron chi connectivity index (χ2n) is 9.35. The molecule has 1 saturated heterocycles. The van der Waals surface area contributed by atoms with Crippen LogP contribution in [0.3, 0.4) is 0 Å². The number of thiophene rings is 1. The van der Waals surface area contributed by atoms with Gasteiger partial charge in [0.05, 0.1) is 10.9 Å². The molecule has 3 aromatic rings. The van der Waals surface area contributed by atoms with Crippen LogP contribution >= 0.6 is 11.3 Å². The van der Waals surface area contributed by atoms with E-state index >= 15 is 0 Å². The van der Waals surface area contributed by atoms with Crippen molar-refractivity contribution in [1.82, 2.24) is 14.9 Å². The summed E-state index contributed by atoms with van der Waals surface area (Å²) in [6, 6.07) is 6.22. The number of carbonyl (C=O) groups is 1. The molecule has 0 N–H and O–H groups in total. The summed E-state index contributed by atoms with van der Waals surface area (Å²) in [5, 5.41) is 1.22. The summed E-state index contributed by atoms with van der Waals surface area (Å²) in [6.45, 7) is 9.07. The highest BCUT2D eigenvalue weighted by Gasteiger charge is 2.29. The maximum Gasteiger partial charge on any atom is 0.256 e. The zero-order chi connectivity index (χ0) is 22.4. The van der Waals surface area contributed by atoms with Crippen molar-refractivity contribution in [3.63, 3.8) is 0 Å². The van der Waals surface area contributed by atoms with Crippen molar-refractivity contribution in [2.45, 2.75) is 46.0 Å². The fourth-order valence-electron chi connectivity index (χ4n) is 4.75. The van der Waals surface area contributed by atoms with E-state index in [1.165, 1.54) is 28.3 Å². The number of benzene rings is 1. The van der Waals surface area contributed by atoms with Crippen LogP contribution in [0, 0.1) is 11.7 Å². The summed E-state index contributed by atoms with van der Waals surface area (Å²) in [7, 11) is 0. The van der Waals surface area contributed by atoms with Crippen molar-refractivity contribution < 1.29 is 9.18 Å². The van der Waals surface area contributed by atoms with Crippen LogP contribution in [0.1, 0.15) is 59.7 Å². The normalized spacial score (nSPS) is 19.0. The molecule has 0 radical (unpaired) electrons. The van der Waals surface area contributed by atoms with E-state index < -0.39 is 5.82 Å². The van der Waals surface area contributed by atoms with E-state index in [1.807, 2.05) is 11.3 Å². The molecule has 3 heterocycles. The van der Waals surface area contributed by atoms with Crippen LogP contribution in [0.25, 0.3) is 10.2 Å². The van der Waals surface area contributed by atoms with E-state index in [0.717, 1.165) is 29.3 Å². The van der Waals surface area contributed by atoms with Gasteiger partial charge in [-0.05, 0) is 42.9 Å². The minimum atomic E-state index is -0.460. The summed E-state index contributed by atoms with van der Waals surface area (Å²) in [4.78, 5) is 29.4. The van der Waals surface area contributed by atoms with Gasteiger partial charge in [-0.1, -0.05) is 32.9 Å². The average Bonchev–Trinajstić information content (AvgIpc) is 3.15. The van der Waals surface area contributed by atoms with Gasteiger partial charge in [0.1, 0.15) is 22.3 Å². The SMILES string of the molecule is CC(C)c1nc(N2CCN(C(=O)c3ccccc3F)CC2)c2c3c(sc2n1)C[C@H](C)CC3. The minimum Gasteiger partial charge on any atom is -0.352 e. The third-order valence-corrected chi connectivity index (χ3v) is 7.79. The number of rotatable bonds is 3.